The lowest BCUT2D eigenvalue weighted by Crippen LogP contribution is -2.44. The first kappa shape index (κ1) is 15.0. The maximum absolute atomic E-state index is 5.67. The zero-order valence-corrected chi connectivity index (χ0v) is 13.0. The lowest BCUT2D eigenvalue weighted by Gasteiger charge is -2.33. The normalized spacial score (nSPS) is 23.7. The fourth-order valence-electron chi connectivity index (χ4n) is 3.46. The minimum Gasteiger partial charge on any atom is -0.468 e. The van der Waals surface area contributed by atoms with E-state index in [1.54, 1.807) is 13.4 Å². The van der Waals surface area contributed by atoms with Gasteiger partial charge in [0.15, 0.2) is 0 Å². The third kappa shape index (κ3) is 3.86. The number of nitrogens with one attached hydrogen (secondary N) is 1. The zero-order chi connectivity index (χ0) is 14.5. The summed E-state index contributed by atoms with van der Waals surface area (Å²) in [6.45, 7) is 5.39. The van der Waals surface area contributed by atoms with Crippen molar-refractivity contribution in [1.29, 1.82) is 0 Å². The molecule has 1 atom stereocenters. The van der Waals surface area contributed by atoms with Gasteiger partial charge in [0.1, 0.15) is 5.76 Å². The van der Waals surface area contributed by atoms with Crippen molar-refractivity contribution in [2.24, 2.45) is 0 Å². The monoisotopic (exact) mass is 293 g/mol. The van der Waals surface area contributed by atoms with Crippen LogP contribution in [0.4, 0.5) is 0 Å². The average molecular weight is 293 g/mol. The van der Waals surface area contributed by atoms with E-state index in [-0.39, 0.29) is 0 Å². The zero-order valence-electron chi connectivity index (χ0n) is 13.0. The first-order valence-corrected chi connectivity index (χ1v) is 8.16. The number of piperidine rings is 1. The molecule has 1 aromatic heterocycles. The van der Waals surface area contributed by atoms with E-state index in [0.717, 1.165) is 38.2 Å². The van der Waals surface area contributed by atoms with Crippen LogP contribution >= 0.6 is 0 Å². The van der Waals surface area contributed by atoms with Crippen LogP contribution in [-0.2, 0) is 4.84 Å². The molecule has 1 unspecified atom stereocenters. The Balaban J connectivity index is 1.53. The van der Waals surface area contributed by atoms with E-state index < -0.39 is 0 Å². The third-order valence-electron chi connectivity index (χ3n) is 4.77. The molecule has 2 aliphatic rings. The summed E-state index contributed by atoms with van der Waals surface area (Å²) in [4.78, 5) is 7.84. The molecule has 2 fully saturated rings. The minimum absolute atomic E-state index is 0.378. The van der Waals surface area contributed by atoms with Crippen LogP contribution in [0.5, 0.6) is 0 Å². The molecule has 1 aromatic rings. The Labute approximate surface area is 127 Å². The molecule has 0 aromatic carbocycles. The largest absolute Gasteiger partial charge is 0.468 e. The van der Waals surface area contributed by atoms with Gasteiger partial charge < -0.3 is 14.6 Å². The van der Waals surface area contributed by atoms with Crippen molar-refractivity contribution in [3.05, 3.63) is 24.2 Å². The van der Waals surface area contributed by atoms with Crippen molar-refractivity contribution in [2.75, 3.05) is 39.8 Å². The molecule has 0 saturated carbocycles. The lowest BCUT2D eigenvalue weighted by molar-refractivity contribution is -0.144. The molecule has 1 N–H and O–H groups in total. The summed E-state index contributed by atoms with van der Waals surface area (Å²) in [5, 5.41) is 5.79. The molecule has 2 saturated heterocycles. The molecule has 0 spiro atoms. The summed E-state index contributed by atoms with van der Waals surface area (Å²) in [7, 11) is 1.76. The molecule has 21 heavy (non-hydrogen) atoms. The Morgan fingerprint density at radius 2 is 2.05 bits per heavy atom. The van der Waals surface area contributed by atoms with Gasteiger partial charge in [0.2, 0.25) is 0 Å². The highest BCUT2D eigenvalue weighted by atomic mass is 16.7. The van der Waals surface area contributed by atoms with Gasteiger partial charge in [-0.25, -0.2) is 0 Å². The van der Waals surface area contributed by atoms with Gasteiger partial charge in [-0.2, -0.15) is 5.06 Å². The van der Waals surface area contributed by atoms with Crippen LogP contribution in [0.1, 0.15) is 37.5 Å². The van der Waals surface area contributed by atoms with E-state index in [4.69, 9.17) is 9.25 Å². The predicted molar refractivity (Wildman–Crippen MR) is 81.9 cm³/mol. The third-order valence-corrected chi connectivity index (χ3v) is 4.77. The molecule has 0 bridgehead atoms. The number of nitrogens with zero attached hydrogens (tertiary/aromatic N) is 2. The summed E-state index contributed by atoms with van der Waals surface area (Å²) in [5.74, 6) is 1.10. The molecule has 5 heteroatoms. The Morgan fingerprint density at radius 3 is 2.67 bits per heavy atom. The van der Waals surface area contributed by atoms with Crippen molar-refractivity contribution in [2.45, 2.75) is 37.8 Å². The molecule has 0 amide bonds. The summed E-state index contributed by atoms with van der Waals surface area (Å²) in [6.07, 6.45) is 6.71. The minimum atomic E-state index is 0.378. The fourth-order valence-corrected chi connectivity index (χ4v) is 3.46. The Hall–Kier alpha value is -0.880. The highest BCUT2D eigenvalue weighted by Gasteiger charge is 2.27. The number of hydroxylamine groups is 2. The van der Waals surface area contributed by atoms with Crippen LogP contribution < -0.4 is 5.32 Å². The van der Waals surface area contributed by atoms with Crippen LogP contribution in [0, 0.1) is 0 Å². The van der Waals surface area contributed by atoms with Crippen molar-refractivity contribution >= 4 is 0 Å². The topological polar surface area (TPSA) is 40.9 Å². The van der Waals surface area contributed by atoms with Gasteiger partial charge >= 0.3 is 0 Å². The summed E-state index contributed by atoms with van der Waals surface area (Å²) < 4.78 is 5.67. The molecule has 0 aliphatic carbocycles. The maximum atomic E-state index is 5.67. The van der Waals surface area contributed by atoms with E-state index >= 15 is 0 Å². The van der Waals surface area contributed by atoms with E-state index in [9.17, 15) is 0 Å². The van der Waals surface area contributed by atoms with Gasteiger partial charge in [-0.1, -0.05) is 0 Å². The second-order valence-corrected chi connectivity index (χ2v) is 6.07. The first-order chi connectivity index (χ1) is 10.4. The van der Waals surface area contributed by atoms with Crippen molar-refractivity contribution in [3.8, 4) is 0 Å². The molecule has 2 aliphatic heterocycles. The van der Waals surface area contributed by atoms with Gasteiger partial charge in [0.25, 0.3) is 0 Å². The molecule has 118 valence electrons. The van der Waals surface area contributed by atoms with E-state index in [2.05, 4.69) is 16.3 Å². The first-order valence-electron chi connectivity index (χ1n) is 8.16. The molecule has 0 radical (unpaired) electrons. The molecular weight excluding hydrogens is 266 g/mol. The highest BCUT2D eigenvalue weighted by Crippen LogP contribution is 2.25. The van der Waals surface area contributed by atoms with E-state index in [1.165, 1.54) is 25.9 Å². The second-order valence-electron chi connectivity index (χ2n) is 6.07. The van der Waals surface area contributed by atoms with Crippen LogP contribution in [0.15, 0.2) is 22.8 Å². The van der Waals surface area contributed by atoms with Gasteiger partial charge in [-0.3, -0.25) is 4.90 Å². The van der Waals surface area contributed by atoms with Crippen LogP contribution in [0.2, 0.25) is 0 Å². The smallest absolute Gasteiger partial charge is 0.122 e. The number of hydrogen-bond acceptors (Lipinski definition) is 5. The van der Waals surface area contributed by atoms with E-state index in [0.29, 0.717) is 12.1 Å². The summed E-state index contributed by atoms with van der Waals surface area (Å²) >= 11 is 0. The van der Waals surface area contributed by atoms with Gasteiger partial charge in [-0.15, -0.1) is 0 Å². The maximum Gasteiger partial charge on any atom is 0.122 e. The van der Waals surface area contributed by atoms with Crippen molar-refractivity contribution in [3.63, 3.8) is 0 Å². The summed E-state index contributed by atoms with van der Waals surface area (Å²) in [5.41, 5.74) is 0. The quantitative estimate of drug-likeness (QED) is 0.869. The van der Waals surface area contributed by atoms with Crippen LogP contribution in [0.3, 0.4) is 0 Å². The fraction of sp³-hybridized carbons (Fsp3) is 0.750. The Kier molecular flexibility index (Phi) is 5.30. The van der Waals surface area contributed by atoms with Crippen LogP contribution in [-0.4, -0.2) is 55.8 Å². The number of hydrogen-bond donors (Lipinski definition) is 1. The standard InChI is InChI=1S/C16H27N3O2/c1-20-19-10-6-14(7-11-19)17-13-15(16-5-4-12-21-16)18-8-2-3-9-18/h4-5,12,14-15,17H,2-3,6-11,13H2,1H3. The number of furan rings is 1. The molecule has 5 nitrogen and oxygen atoms in total. The Bertz CT molecular complexity index is 396. The molecule has 3 heterocycles. The molecule has 3 rings (SSSR count). The van der Waals surface area contributed by atoms with Crippen molar-refractivity contribution < 1.29 is 9.25 Å². The van der Waals surface area contributed by atoms with Gasteiger partial charge in [0, 0.05) is 25.7 Å². The van der Waals surface area contributed by atoms with Crippen molar-refractivity contribution in [1.82, 2.24) is 15.3 Å². The van der Waals surface area contributed by atoms with Crippen LogP contribution in [0.25, 0.3) is 0 Å². The number of likely N-dealkylation sites (tertiary alicyclic amines) is 1. The number of rotatable bonds is 6. The average Bonchev–Trinajstić information content (AvgIpc) is 3.22. The SMILES string of the molecule is CON1CCC(NCC(c2ccco2)N2CCCC2)CC1. The van der Waals surface area contributed by atoms with Gasteiger partial charge in [-0.05, 0) is 50.9 Å². The molecular formula is C16H27N3O2. The highest BCUT2D eigenvalue weighted by molar-refractivity contribution is 5.06. The summed E-state index contributed by atoms with van der Waals surface area (Å²) in [6, 6.07) is 5.08. The van der Waals surface area contributed by atoms with E-state index in [1.807, 2.05) is 11.1 Å². The Morgan fingerprint density at radius 1 is 1.29 bits per heavy atom. The lowest BCUT2D eigenvalue weighted by atomic mass is 10.1. The predicted octanol–water partition coefficient (Wildman–Crippen LogP) is 2.03. The second kappa shape index (κ2) is 7.40. The van der Waals surface area contributed by atoms with Gasteiger partial charge in [0.05, 0.1) is 19.4 Å².